The normalized spacial score (nSPS) is 14.6. The van der Waals surface area contributed by atoms with E-state index in [4.69, 9.17) is 5.11 Å². The highest BCUT2D eigenvalue weighted by molar-refractivity contribution is 5.80. The van der Waals surface area contributed by atoms with Gasteiger partial charge in [-0.25, -0.2) is 4.79 Å². The number of unbranched alkanes of at least 4 members (excludes halogenated alkanes) is 3. The molecule has 0 heterocycles. The third-order valence-electron chi connectivity index (χ3n) is 3.51. The molecule has 0 aliphatic carbocycles. The van der Waals surface area contributed by atoms with E-state index in [2.05, 4.69) is 6.92 Å². The standard InChI is InChI=1S/C22H32O4/c1-2-3-10-15-20(23)17-12-8-9-13-18-21(24)16-11-6-4-5-7-14-19-22(25)26/h4-7,9,11,13-14,16,18-20,23-24H,2-3,8,10,12,15,17H2,1H3,(H,25,26)/t20-/m0/s1. The summed E-state index contributed by atoms with van der Waals surface area (Å²) >= 11 is 0. The Bertz CT molecular complexity index is 536. The number of aliphatic carboxylic acids is 1. The van der Waals surface area contributed by atoms with E-state index in [9.17, 15) is 15.0 Å². The van der Waals surface area contributed by atoms with Crippen LogP contribution < -0.4 is 0 Å². The number of carbonyl (C=O) groups is 1. The number of carboxylic acid groups (broad SMARTS) is 1. The third kappa shape index (κ3) is 18.0. The maximum Gasteiger partial charge on any atom is 0.328 e. The molecule has 0 saturated heterocycles. The number of hydrogen-bond donors (Lipinski definition) is 3. The summed E-state index contributed by atoms with van der Waals surface area (Å²) in [6.45, 7) is 2.16. The van der Waals surface area contributed by atoms with Gasteiger partial charge >= 0.3 is 5.97 Å². The Morgan fingerprint density at radius 2 is 1.46 bits per heavy atom. The van der Waals surface area contributed by atoms with Gasteiger partial charge in [-0.3, -0.25) is 0 Å². The Morgan fingerprint density at radius 3 is 2.12 bits per heavy atom. The van der Waals surface area contributed by atoms with E-state index >= 15 is 0 Å². The average Bonchev–Trinajstić information content (AvgIpc) is 2.60. The van der Waals surface area contributed by atoms with Crippen LogP contribution in [0.2, 0.25) is 0 Å². The van der Waals surface area contributed by atoms with Crippen molar-refractivity contribution in [3.63, 3.8) is 0 Å². The van der Waals surface area contributed by atoms with Crippen LogP contribution in [0.1, 0.15) is 51.9 Å². The van der Waals surface area contributed by atoms with Crippen LogP contribution in [0.25, 0.3) is 0 Å². The second-order valence-electron chi connectivity index (χ2n) is 5.93. The van der Waals surface area contributed by atoms with Gasteiger partial charge in [-0.05, 0) is 37.8 Å². The molecule has 1 atom stereocenters. The van der Waals surface area contributed by atoms with Crippen LogP contribution in [-0.4, -0.2) is 27.4 Å². The molecule has 0 fully saturated rings. The van der Waals surface area contributed by atoms with Crippen molar-refractivity contribution in [1.82, 2.24) is 0 Å². The molecule has 0 aromatic rings. The van der Waals surface area contributed by atoms with E-state index in [1.165, 1.54) is 18.9 Å². The summed E-state index contributed by atoms with van der Waals surface area (Å²) in [5.74, 6) is -0.829. The average molecular weight is 360 g/mol. The number of carboxylic acids is 1. The van der Waals surface area contributed by atoms with Crippen molar-refractivity contribution in [2.45, 2.75) is 58.0 Å². The van der Waals surface area contributed by atoms with Gasteiger partial charge < -0.3 is 15.3 Å². The van der Waals surface area contributed by atoms with Crippen LogP contribution in [-0.2, 0) is 4.79 Å². The van der Waals surface area contributed by atoms with Crippen LogP contribution in [0.15, 0.2) is 72.6 Å². The Morgan fingerprint density at radius 1 is 0.846 bits per heavy atom. The monoisotopic (exact) mass is 360 g/mol. The molecule has 26 heavy (non-hydrogen) atoms. The highest BCUT2D eigenvalue weighted by Gasteiger charge is 2.01. The smallest absolute Gasteiger partial charge is 0.328 e. The highest BCUT2D eigenvalue weighted by atomic mass is 16.4. The molecule has 0 unspecified atom stereocenters. The van der Waals surface area contributed by atoms with Crippen LogP contribution >= 0.6 is 0 Å². The van der Waals surface area contributed by atoms with Gasteiger partial charge in [0.25, 0.3) is 0 Å². The minimum atomic E-state index is -0.982. The minimum Gasteiger partial charge on any atom is -0.508 e. The molecule has 0 bridgehead atoms. The lowest BCUT2D eigenvalue weighted by atomic mass is 10.1. The Labute approximate surface area is 157 Å². The summed E-state index contributed by atoms with van der Waals surface area (Å²) in [6, 6.07) is 0. The first kappa shape index (κ1) is 23.7. The quantitative estimate of drug-likeness (QED) is 0.168. The lowest BCUT2D eigenvalue weighted by Gasteiger charge is -2.08. The van der Waals surface area contributed by atoms with Crippen LogP contribution in [0.5, 0.6) is 0 Å². The number of aliphatic hydroxyl groups excluding tert-OH is 2. The van der Waals surface area contributed by atoms with Crippen LogP contribution in [0.4, 0.5) is 0 Å². The summed E-state index contributed by atoms with van der Waals surface area (Å²) in [5.41, 5.74) is 0. The number of rotatable bonds is 14. The van der Waals surface area contributed by atoms with Gasteiger partial charge in [-0.2, -0.15) is 0 Å². The van der Waals surface area contributed by atoms with Crippen molar-refractivity contribution in [1.29, 1.82) is 0 Å². The second kappa shape index (κ2) is 17.5. The molecule has 0 aromatic heterocycles. The van der Waals surface area contributed by atoms with Crippen molar-refractivity contribution < 1.29 is 20.1 Å². The van der Waals surface area contributed by atoms with Crippen molar-refractivity contribution in [3.8, 4) is 0 Å². The SMILES string of the molecule is CCCCC[C@H](O)CCCC=CC=C(O)C=CC=CC=CC=CC(=O)O. The van der Waals surface area contributed by atoms with E-state index in [0.29, 0.717) is 0 Å². The molecule has 4 heteroatoms. The molecule has 0 saturated carbocycles. The highest BCUT2D eigenvalue weighted by Crippen LogP contribution is 2.10. The number of hydrogen-bond acceptors (Lipinski definition) is 3. The zero-order valence-corrected chi connectivity index (χ0v) is 15.6. The summed E-state index contributed by atoms with van der Waals surface area (Å²) in [4.78, 5) is 10.2. The van der Waals surface area contributed by atoms with Gasteiger partial charge in [0.1, 0.15) is 5.76 Å². The largest absolute Gasteiger partial charge is 0.508 e. The van der Waals surface area contributed by atoms with E-state index in [1.807, 2.05) is 12.2 Å². The number of allylic oxidation sites excluding steroid dienone is 10. The summed E-state index contributed by atoms with van der Waals surface area (Å²) < 4.78 is 0. The van der Waals surface area contributed by atoms with Crippen LogP contribution in [0.3, 0.4) is 0 Å². The fourth-order valence-electron chi connectivity index (χ4n) is 2.11. The molecule has 144 valence electrons. The van der Waals surface area contributed by atoms with Gasteiger partial charge in [-0.15, -0.1) is 0 Å². The summed E-state index contributed by atoms with van der Waals surface area (Å²) in [6.07, 6.45) is 24.7. The summed E-state index contributed by atoms with van der Waals surface area (Å²) in [5, 5.41) is 27.9. The van der Waals surface area contributed by atoms with E-state index in [-0.39, 0.29) is 11.9 Å². The maximum absolute atomic E-state index is 10.2. The molecule has 0 amide bonds. The van der Waals surface area contributed by atoms with Crippen LogP contribution in [0, 0.1) is 0 Å². The topological polar surface area (TPSA) is 77.8 Å². The molecule has 4 nitrogen and oxygen atoms in total. The molecule has 0 spiro atoms. The molecule has 3 N–H and O–H groups in total. The van der Waals surface area contributed by atoms with Crippen molar-refractivity contribution >= 4 is 5.97 Å². The van der Waals surface area contributed by atoms with E-state index in [0.717, 1.165) is 38.2 Å². The third-order valence-corrected chi connectivity index (χ3v) is 3.51. The predicted octanol–water partition coefficient (Wildman–Crippen LogP) is 5.41. The van der Waals surface area contributed by atoms with E-state index in [1.54, 1.807) is 42.5 Å². The first-order valence-electron chi connectivity index (χ1n) is 9.21. The lowest BCUT2D eigenvalue weighted by molar-refractivity contribution is -0.131. The van der Waals surface area contributed by atoms with Gasteiger partial charge in [0.05, 0.1) is 6.10 Å². The van der Waals surface area contributed by atoms with Gasteiger partial charge in [0, 0.05) is 6.08 Å². The molecule has 0 rings (SSSR count). The van der Waals surface area contributed by atoms with Gasteiger partial charge in [0.2, 0.25) is 0 Å². The van der Waals surface area contributed by atoms with Crippen molar-refractivity contribution in [3.05, 3.63) is 72.6 Å². The molecular weight excluding hydrogens is 328 g/mol. The molecule has 0 aliphatic rings. The predicted molar refractivity (Wildman–Crippen MR) is 108 cm³/mol. The minimum absolute atomic E-state index is 0.153. The first-order chi connectivity index (χ1) is 12.6. The first-order valence-corrected chi connectivity index (χ1v) is 9.21. The fourth-order valence-corrected chi connectivity index (χ4v) is 2.11. The zero-order valence-electron chi connectivity index (χ0n) is 15.6. The fraction of sp³-hybridized carbons (Fsp3) is 0.409. The Balaban J connectivity index is 3.91. The maximum atomic E-state index is 10.2. The van der Waals surface area contributed by atoms with Gasteiger partial charge in [0.15, 0.2) is 0 Å². The molecular formula is C22H32O4. The molecule has 0 aliphatic heterocycles. The van der Waals surface area contributed by atoms with Crippen molar-refractivity contribution in [2.75, 3.05) is 0 Å². The Hall–Kier alpha value is -2.33. The zero-order chi connectivity index (χ0) is 19.5. The van der Waals surface area contributed by atoms with Crippen molar-refractivity contribution in [2.24, 2.45) is 0 Å². The Kier molecular flexibility index (Phi) is 15.9. The molecule has 0 radical (unpaired) electrons. The molecule has 0 aromatic carbocycles. The summed E-state index contributed by atoms with van der Waals surface area (Å²) in [7, 11) is 0. The van der Waals surface area contributed by atoms with Gasteiger partial charge in [-0.1, -0.05) is 74.8 Å². The number of aliphatic hydroxyl groups is 2. The lowest BCUT2D eigenvalue weighted by Crippen LogP contribution is -2.05. The van der Waals surface area contributed by atoms with E-state index < -0.39 is 5.97 Å². The second-order valence-corrected chi connectivity index (χ2v) is 5.93.